The summed E-state index contributed by atoms with van der Waals surface area (Å²) < 4.78 is 0. The maximum atomic E-state index is 9.96. The minimum Gasteiger partial charge on any atom is -0.393 e. The summed E-state index contributed by atoms with van der Waals surface area (Å²) >= 11 is 0. The first-order chi connectivity index (χ1) is 7.25. The third kappa shape index (κ3) is 3.16. The normalized spacial score (nSPS) is 39.2. The van der Waals surface area contributed by atoms with Gasteiger partial charge in [-0.1, -0.05) is 6.42 Å². The van der Waals surface area contributed by atoms with Crippen LogP contribution in [0.15, 0.2) is 0 Å². The van der Waals surface area contributed by atoms with Crippen LogP contribution in [0.4, 0.5) is 0 Å². The third-order valence-electron chi connectivity index (χ3n) is 3.90. The molecule has 0 amide bonds. The Hall–Kier alpha value is -0.120. The van der Waals surface area contributed by atoms with Crippen molar-refractivity contribution in [3.05, 3.63) is 0 Å². The molecular formula is C12H24N2O. The largest absolute Gasteiger partial charge is 0.393 e. The van der Waals surface area contributed by atoms with Gasteiger partial charge in [-0.25, -0.2) is 0 Å². The summed E-state index contributed by atoms with van der Waals surface area (Å²) in [5.74, 6) is 0.486. The summed E-state index contributed by atoms with van der Waals surface area (Å²) in [6.07, 6.45) is 6.02. The molecule has 0 spiro atoms. The maximum Gasteiger partial charge on any atom is 0.0593 e. The minimum atomic E-state index is -0.0649. The van der Waals surface area contributed by atoms with Gasteiger partial charge in [0.1, 0.15) is 0 Å². The molecule has 0 aromatic rings. The molecule has 2 saturated heterocycles. The molecule has 0 radical (unpaired) electrons. The molecule has 3 atom stereocenters. The zero-order chi connectivity index (χ0) is 10.7. The van der Waals surface area contributed by atoms with Crippen LogP contribution >= 0.6 is 0 Å². The van der Waals surface area contributed by atoms with E-state index in [1.54, 1.807) is 0 Å². The number of likely N-dealkylation sites (tertiary alicyclic amines) is 1. The van der Waals surface area contributed by atoms with Gasteiger partial charge in [0.2, 0.25) is 0 Å². The fourth-order valence-electron chi connectivity index (χ4n) is 2.92. The van der Waals surface area contributed by atoms with Crippen LogP contribution in [0.2, 0.25) is 0 Å². The second-order valence-corrected chi connectivity index (χ2v) is 5.26. The summed E-state index contributed by atoms with van der Waals surface area (Å²) in [4.78, 5) is 2.35. The van der Waals surface area contributed by atoms with E-state index in [4.69, 9.17) is 0 Å². The minimum absolute atomic E-state index is 0.0649. The van der Waals surface area contributed by atoms with Crippen molar-refractivity contribution in [2.45, 2.75) is 44.2 Å². The van der Waals surface area contributed by atoms with E-state index >= 15 is 0 Å². The molecular weight excluding hydrogens is 188 g/mol. The zero-order valence-corrected chi connectivity index (χ0v) is 9.78. The summed E-state index contributed by atoms with van der Waals surface area (Å²) in [6.45, 7) is 3.29. The highest BCUT2D eigenvalue weighted by molar-refractivity contribution is 4.83. The van der Waals surface area contributed by atoms with E-state index in [-0.39, 0.29) is 6.10 Å². The molecule has 88 valence electrons. The van der Waals surface area contributed by atoms with Crippen LogP contribution in [0, 0.1) is 5.92 Å². The highest BCUT2D eigenvalue weighted by Crippen LogP contribution is 2.23. The topological polar surface area (TPSA) is 35.5 Å². The molecule has 2 N–H and O–H groups in total. The van der Waals surface area contributed by atoms with Crippen molar-refractivity contribution in [2.24, 2.45) is 5.92 Å². The van der Waals surface area contributed by atoms with Crippen LogP contribution in [0.1, 0.15) is 32.1 Å². The molecule has 2 aliphatic heterocycles. The summed E-state index contributed by atoms with van der Waals surface area (Å²) in [5.41, 5.74) is 0. The molecule has 0 unspecified atom stereocenters. The van der Waals surface area contributed by atoms with Crippen molar-refractivity contribution in [1.82, 2.24) is 10.2 Å². The standard InChI is InChI=1S/C12H24N2O/c1-14-7-5-12(15)10(9-14)8-11-4-2-3-6-13-11/h10-13,15H,2-9H2,1H3/t10-,11-,12-/m0/s1. The average molecular weight is 212 g/mol. The van der Waals surface area contributed by atoms with Crippen LogP contribution < -0.4 is 5.32 Å². The SMILES string of the molecule is CN1CC[C@H](O)[C@@H](C[C@@H]2CCCCN2)C1. The molecule has 0 aromatic heterocycles. The molecule has 0 aliphatic carbocycles. The molecule has 2 heterocycles. The van der Waals surface area contributed by atoms with Crippen LogP contribution in [0.25, 0.3) is 0 Å². The second kappa shape index (κ2) is 5.28. The highest BCUT2D eigenvalue weighted by Gasteiger charge is 2.28. The lowest BCUT2D eigenvalue weighted by molar-refractivity contribution is 0.0261. The molecule has 15 heavy (non-hydrogen) atoms. The number of nitrogens with zero attached hydrogens (tertiary/aromatic N) is 1. The Morgan fingerprint density at radius 1 is 1.33 bits per heavy atom. The Morgan fingerprint density at radius 3 is 2.93 bits per heavy atom. The number of aliphatic hydroxyl groups is 1. The molecule has 2 fully saturated rings. The maximum absolute atomic E-state index is 9.96. The Bertz CT molecular complexity index is 192. The van der Waals surface area contributed by atoms with E-state index in [1.165, 1.54) is 25.8 Å². The van der Waals surface area contributed by atoms with Crippen molar-refractivity contribution in [3.8, 4) is 0 Å². The first-order valence-electron chi connectivity index (χ1n) is 6.35. The molecule has 3 heteroatoms. The Kier molecular flexibility index (Phi) is 4.00. The molecule has 0 aromatic carbocycles. The van der Waals surface area contributed by atoms with Crippen LogP contribution in [-0.2, 0) is 0 Å². The average Bonchev–Trinajstić information content (AvgIpc) is 2.25. The van der Waals surface area contributed by atoms with Gasteiger partial charge in [-0.3, -0.25) is 0 Å². The van der Waals surface area contributed by atoms with Crippen molar-refractivity contribution in [2.75, 3.05) is 26.7 Å². The molecule has 0 bridgehead atoms. The number of hydrogen-bond acceptors (Lipinski definition) is 3. The summed E-state index contributed by atoms with van der Waals surface area (Å²) in [5, 5.41) is 13.5. The second-order valence-electron chi connectivity index (χ2n) is 5.26. The lowest BCUT2D eigenvalue weighted by atomic mass is 9.86. The van der Waals surface area contributed by atoms with E-state index in [9.17, 15) is 5.11 Å². The number of aliphatic hydroxyl groups excluding tert-OH is 1. The van der Waals surface area contributed by atoms with Gasteiger partial charge in [0.25, 0.3) is 0 Å². The number of rotatable bonds is 2. The van der Waals surface area contributed by atoms with Gasteiger partial charge in [0, 0.05) is 19.1 Å². The van der Waals surface area contributed by atoms with Crippen molar-refractivity contribution < 1.29 is 5.11 Å². The smallest absolute Gasteiger partial charge is 0.0593 e. The number of nitrogens with one attached hydrogen (secondary N) is 1. The monoisotopic (exact) mass is 212 g/mol. The van der Waals surface area contributed by atoms with Crippen molar-refractivity contribution >= 4 is 0 Å². The third-order valence-corrected chi connectivity index (χ3v) is 3.90. The molecule has 2 rings (SSSR count). The Labute approximate surface area is 92.8 Å². The Balaban J connectivity index is 1.80. The van der Waals surface area contributed by atoms with Crippen LogP contribution in [0.3, 0.4) is 0 Å². The predicted molar refractivity (Wildman–Crippen MR) is 61.9 cm³/mol. The van der Waals surface area contributed by atoms with Gasteiger partial charge in [0.15, 0.2) is 0 Å². The van der Waals surface area contributed by atoms with Crippen molar-refractivity contribution in [1.29, 1.82) is 0 Å². The molecule has 0 saturated carbocycles. The van der Waals surface area contributed by atoms with Gasteiger partial charge in [-0.2, -0.15) is 0 Å². The number of piperidine rings is 2. The van der Waals surface area contributed by atoms with Gasteiger partial charge >= 0.3 is 0 Å². The predicted octanol–water partition coefficient (Wildman–Crippen LogP) is 0.831. The molecule has 3 nitrogen and oxygen atoms in total. The first kappa shape index (κ1) is 11.4. The fraction of sp³-hybridized carbons (Fsp3) is 1.00. The van der Waals surface area contributed by atoms with Crippen LogP contribution in [0.5, 0.6) is 0 Å². The first-order valence-corrected chi connectivity index (χ1v) is 6.35. The van der Waals surface area contributed by atoms with E-state index in [0.29, 0.717) is 12.0 Å². The zero-order valence-electron chi connectivity index (χ0n) is 9.78. The fourth-order valence-corrected chi connectivity index (χ4v) is 2.92. The summed E-state index contributed by atoms with van der Waals surface area (Å²) in [6, 6.07) is 0.657. The van der Waals surface area contributed by atoms with Gasteiger partial charge < -0.3 is 15.3 Å². The highest BCUT2D eigenvalue weighted by atomic mass is 16.3. The van der Waals surface area contributed by atoms with Crippen molar-refractivity contribution in [3.63, 3.8) is 0 Å². The van der Waals surface area contributed by atoms with Gasteiger partial charge in [0.05, 0.1) is 6.10 Å². The van der Waals surface area contributed by atoms with Crippen LogP contribution in [-0.4, -0.2) is 48.8 Å². The van der Waals surface area contributed by atoms with Gasteiger partial charge in [-0.15, -0.1) is 0 Å². The van der Waals surface area contributed by atoms with Gasteiger partial charge in [-0.05, 0) is 45.2 Å². The lowest BCUT2D eigenvalue weighted by Crippen LogP contribution is -2.45. The summed E-state index contributed by atoms with van der Waals surface area (Å²) in [7, 11) is 2.16. The lowest BCUT2D eigenvalue weighted by Gasteiger charge is -2.37. The quantitative estimate of drug-likeness (QED) is 0.712. The molecule has 2 aliphatic rings. The number of hydrogen-bond donors (Lipinski definition) is 2. The van der Waals surface area contributed by atoms with E-state index < -0.39 is 0 Å². The Morgan fingerprint density at radius 2 is 2.20 bits per heavy atom. The van der Waals surface area contributed by atoms with E-state index in [2.05, 4.69) is 17.3 Å². The van der Waals surface area contributed by atoms with E-state index in [1.807, 2.05) is 0 Å². The van der Waals surface area contributed by atoms with E-state index in [0.717, 1.165) is 25.9 Å².